The van der Waals surface area contributed by atoms with Crippen molar-refractivity contribution in [3.05, 3.63) is 0 Å². The van der Waals surface area contributed by atoms with Crippen LogP contribution in [0.5, 0.6) is 0 Å². The largest absolute Gasteiger partial charge is 0.394 e. The molecule has 1 rings (SSSR count). The van der Waals surface area contributed by atoms with E-state index in [1.807, 2.05) is 20.8 Å². The van der Waals surface area contributed by atoms with Crippen LogP contribution < -0.4 is 0 Å². The summed E-state index contributed by atoms with van der Waals surface area (Å²) in [6.07, 6.45) is -3.48. The number of aliphatic hydroxyl groups excluding tert-OH is 3. The summed E-state index contributed by atoms with van der Waals surface area (Å²) in [4.78, 5) is 10.9. The molecule has 0 bridgehead atoms. The topological polar surface area (TPSA) is 96.2 Å². The highest BCUT2D eigenvalue weighted by Gasteiger charge is 2.44. The average molecular weight is 276 g/mol. The van der Waals surface area contributed by atoms with Crippen LogP contribution in [0.1, 0.15) is 27.2 Å². The zero-order valence-corrected chi connectivity index (χ0v) is 11.6. The van der Waals surface area contributed by atoms with Gasteiger partial charge in [-0.1, -0.05) is 20.8 Å². The fourth-order valence-electron chi connectivity index (χ4n) is 2.28. The maximum absolute atomic E-state index is 10.9. The van der Waals surface area contributed by atoms with Crippen LogP contribution in [0.2, 0.25) is 0 Å². The van der Waals surface area contributed by atoms with E-state index < -0.39 is 30.7 Å². The van der Waals surface area contributed by atoms with Gasteiger partial charge in [0.25, 0.3) is 0 Å². The van der Waals surface area contributed by atoms with Crippen molar-refractivity contribution in [2.45, 2.75) is 57.9 Å². The summed E-state index contributed by atoms with van der Waals surface area (Å²) in [5.41, 5.74) is 0. The van der Waals surface area contributed by atoms with Crippen LogP contribution in [0.3, 0.4) is 0 Å². The number of aliphatic hydroxyl groups is 3. The Kier molecular flexibility index (Phi) is 6.35. The SMILES string of the molecule is CCC1C(CO)OC(OC(C=O)C(C)C)C(O)C1O. The molecule has 1 saturated heterocycles. The summed E-state index contributed by atoms with van der Waals surface area (Å²) >= 11 is 0. The van der Waals surface area contributed by atoms with Gasteiger partial charge >= 0.3 is 0 Å². The van der Waals surface area contributed by atoms with Crippen molar-refractivity contribution in [3.8, 4) is 0 Å². The van der Waals surface area contributed by atoms with E-state index in [9.17, 15) is 20.1 Å². The van der Waals surface area contributed by atoms with Crippen molar-refractivity contribution in [2.24, 2.45) is 11.8 Å². The molecule has 1 aliphatic heterocycles. The molecule has 112 valence electrons. The Morgan fingerprint density at radius 1 is 1.32 bits per heavy atom. The standard InChI is InChI=1S/C13H24O6/c1-4-8-10(6-15)19-13(12(17)11(8)16)18-9(5-14)7(2)3/h5,7-13,15-17H,4,6H2,1-3H3. The van der Waals surface area contributed by atoms with Gasteiger partial charge in [0, 0.05) is 5.92 Å². The van der Waals surface area contributed by atoms with Crippen LogP contribution >= 0.6 is 0 Å². The van der Waals surface area contributed by atoms with E-state index in [1.54, 1.807) is 0 Å². The van der Waals surface area contributed by atoms with E-state index in [2.05, 4.69) is 0 Å². The summed E-state index contributed by atoms with van der Waals surface area (Å²) in [5.74, 6) is -0.421. The van der Waals surface area contributed by atoms with Crippen molar-refractivity contribution in [1.82, 2.24) is 0 Å². The first kappa shape index (κ1) is 16.5. The predicted molar refractivity (Wildman–Crippen MR) is 67.3 cm³/mol. The summed E-state index contributed by atoms with van der Waals surface area (Å²) in [5, 5.41) is 29.3. The fourth-order valence-corrected chi connectivity index (χ4v) is 2.28. The molecule has 0 amide bonds. The zero-order valence-electron chi connectivity index (χ0n) is 11.6. The molecule has 19 heavy (non-hydrogen) atoms. The lowest BCUT2D eigenvalue weighted by Crippen LogP contribution is -2.57. The molecule has 0 radical (unpaired) electrons. The Hall–Kier alpha value is -0.530. The average Bonchev–Trinajstić information content (AvgIpc) is 2.39. The van der Waals surface area contributed by atoms with Crippen molar-refractivity contribution >= 4 is 6.29 Å². The lowest BCUT2D eigenvalue weighted by Gasteiger charge is -2.42. The van der Waals surface area contributed by atoms with E-state index in [0.29, 0.717) is 12.7 Å². The number of hydrogen-bond acceptors (Lipinski definition) is 6. The van der Waals surface area contributed by atoms with Gasteiger partial charge < -0.3 is 29.6 Å². The van der Waals surface area contributed by atoms with Gasteiger partial charge in [0.15, 0.2) is 6.29 Å². The van der Waals surface area contributed by atoms with Gasteiger partial charge in [0.05, 0.1) is 18.8 Å². The van der Waals surface area contributed by atoms with Crippen LogP contribution in [0.4, 0.5) is 0 Å². The van der Waals surface area contributed by atoms with E-state index in [4.69, 9.17) is 9.47 Å². The third kappa shape index (κ3) is 3.73. The summed E-state index contributed by atoms with van der Waals surface area (Å²) in [7, 11) is 0. The Balaban J connectivity index is 2.76. The molecule has 0 aliphatic carbocycles. The Bertz CT molecular complexity index is 280. The summed E-state index contributed by atoms with van der Waals surface area (Å²) in [6.45, 7) is 5.19. The maximum Gasteiger partial charge on any atom is 0.187 e. The van der Waals surface area contributed by atoms with Crippen molar-refractivity contribution in [1.29, 1.82) is 0 Å². The third-order valence-electron chi connectivity index (χ3n) is 3.59. The minimum absolute atomic E-state index is 0.0677. The molecule has 1 aliphatic rings. The van der Waals surface area contributed by atoms with Gasteiger partial charge in [0.2, 0.25) is 0 Å². The number of carbonyl (C=O) groups excluding carboxylic acids is 1. The third-order valence-corrected chi connectivity index (χ3v) is 3.59. The molecule has 0 aromatic carbocycles. The molecule has 0 saturated carbocycles. The normalized spacial score (nSPS) is 37.3. The van der Waals surface area contributed by atoms with Gasteiger partial charge in [0.1, 0.15) is 18.5 Å². The monoisotopic (exact) mass is 276 g/mol. The zero-order chi connectivity index (χ0) is 14.6. The first-order chi connectivity index (χ1) is 8.96. The highest BCUT2D eigenvalue weighted by Crippen LogP contribution is 2.29. The van der Waals surface area contributed by atoms with E-state index in [0.717, 1.165) is 0 Å². The molecule has 6 atom stereocenters. The minimum Gasteiger partial charge on any atom is -0.394 e. The van der Waals surface area contributed by atoms with Crippen LogP contribution in [0, 0.1) is 11.8 Å². The molecule has 6 nitrogen and oxygen atoms in total. The number of aldehydes is 1. The fraction of sp³-hybridized carbons (Fsp3) is 0.923. The smallest absolute Gasteiger partial charge is 0.187 e. The Morgan fingerprint density at radius 2 is 1.95 bits per heavy atom. The van der Waals surface area contributed by atoms with Gasteiger partial charge in [-0.15, -0.1) is 0 Å². The van der Waals surface area contributed by atoms with E-state index in [-0.39, 0.29) is 18.4 Å². The Labute approximate surface area is 113 Å². The molecule has 0 aromatic rings. The molecule has 6 unspecified atom stereocenters. The second-order valence-corrected chi connectivity index (χ2v) is 5.26. The summed E-state index contributed by atoms with van der Waals surface area (Å²) < 4.78 is 10.9. The molecule has 0 spiro atoms. The van der Waals surface area contributed by atoms with Crippen LogP contribution in [-0.4, -0.2) is 58.9 Å². The molecule has 0 aromatic heterocycles. The van der Waals surface area contributed by atoms with E-state index in [1.165, 1.54) is 0 Å². The molecule has 6 heteroatoms. The first-order valence-electron chi connectivity index (χ1n) is 6.69. The number of ether oxygens (including phenoxy) is 2. The van der Waals surface area contributed by atoms with Crippen molar-refractivity contribution in [2.75, 3.05) is 6.61 Å². The van der Waals surface area contributed by atoms with Crippen LogP contribution in [0.25, 0.3) is 0 Å². The quantitative estimate of drug-likeness (QED) is 0.576. The van der Waals surface area contributed by atoms with Crippen LogP contribution in [0.15, 0.2) is 0 Å². The van der Waals surface area contributed by atoms with Crippen molar-refractivity contribution in [3.63, 3.8) is 0 Å². The van der Waals surface area contributed by atoms with Crippen LogP contribution in [-0.2, 0) is 14.3 Å². The van der Waals surface area contributed by atoms with Gasteiger partial charge in [-0.25, -0.2) is 0 Å². The van der Waals surface area contributed by atoms with E-state index >= 15 is 0 Å². The number of carbonyl (C=O) groups is 1. The first-order valence-corrected chi connectivity index (χ1v) is 6.69. The molecule has 3 N–H and O–H groups in total. The molecule has 1 fully saturated rings. The molecule has 1 heterocycles. The Morgan fingerprint density at radius 3 is 2.37 bits per heavy atom. The maximum atomic E-state index is 10.9. The van der Waals surface area contributed by atoms with Gasteiger partial charge in [-0.2, -0.15) is 0 Å². The van der Waals surface area contributed by atoms with Crippen molar-refractivity contribution < 1.29 is 29.6 Å². The highest BCUT2D eigenvalue weighted by atomic mass is 16.7. The molecular formula is C13H24O6. The van der Waals surface area contributed by atoms with Gasteiger partial charge in [-0.3, -0.25) is 0 Å². The lowest BCUT2D eigenvalue weighted by molar-refractivity contribution is -0.300. The second-order valence-electron chi connectivity index (χ2n) is 5.26. The lowest BCUT2D eigenvalue weighted by atomic mass is 9.87. The number of hydrogen-bond donors (Lipinski definition) is 3. The second kappa shape index (κ2) is 7.31. The number of rotatable bonds is 6. The van der Waals surface area contributed by atoms with Gasteiger partial charge in [-0.05, 0) is 12.3 Å². The molecular weight excluding hydrogens is 252 g/mol. The highest BCUT2D eigenvalue weighted by molar-refractivity contribution is 5.56. The summed E-state index contributed by atoms with van der Waals surface area (Å²) in [6, 6.07) is 0. The predicted octanol–water partition coefficient (Wildman–Crippen LogP) is -0.308. The minimum atomic E-state index is -1.23.